The molecular weight excluding hydrogens is 518 g/mol. The van der Waals surface area contributed by atoms with E-state index in [1.807, 2.05) is 0 Å². The lowest BCUT2D eigenvalue weighted by atomic mass is 9.66. The van der Waals surface area contributed by atoms with Crippen molar-refractivity contribution in [1.82, 2.24) is 4.90 Å². The number of hydrogen-bond acceptors (Lipinski definition) is 3. The molecule has 2 aromatic rings. The Bertz CT molecular complexity index is 1120. The largest absolute Gasteiger partial charge is 0.481 e. The summed E-state index contributed by atoms with van der Waals surface area (Å²) in [4.78, 5) is 26.8. The van der Waals surface area contributed by atoms with Gasteiger partial charge in [-0.3, -0.25) is 9.59 Å². The van der Waals surface area contributed by atoms with Gasteiger partial charge in [-0.25, -0.2) is 0 Å². The molecule has 1 amide bonds. The number of carbonyl (C=O) groups is 2. The van der Waals surface area contributed by atoms with Crippen LogP contribution in [-0.4, -0.2) is 44.8 Å². The molecule has 2 aromatic carbocycles. The molecule has 0 aromatic heterocycles. The van der Waals surface area contributed by atoms with Crippen molar-refractivity contribution in [3.63, 3.8) is 0 Å². The molecule has 0 aliphatic carbocycles. The predicted octanol–water partition coefficient (Wildman–Crippen LogP) is 6.62. The Balaban J connectivity index is 2.33. The van der Waals surface area contributed by atoms with Gasteiger partial charge in [-0.2, -0.15) is 13.2 Å². The van der Waals surface area contributed by atoms with E-state index in [1.54, 1.807) is 48.5 Å². The van der Waals surface area contributed by atoms with Gasteiger partial charge >= 0.3 is 12.1 Å². The maximum Gasteiger partial charge on any atom is 0.418 e. The van der Waals surface area contributed by atoms with Crippen molar-refractivity contribution in [2.45, 2.75) is 69.8 Å². The molecule has 1 saturated heterocycles. The van der Waals surface area contributed by atoms with E-state index in [0.29, 0.717) is 28.1 Å². The van der Waals surface area contributed by atoms with Crippen LogP contribution in [0.1, 0.15) is 63.1 Å². The molecule has 36 heavy (non-hydrogen) atoms. The van der Waals surface area contributed by atoms with Gasteiger partial charge in [0.2, 0.25) is 5.91 Å². The van der Waals surface area contributed by atoms with Crippen LogP contribution in [-0.2, 0) is 9.59 Å². The van der Waals surface area contributed by atoms with Crippen molar-refractivity contribution in [3.8, 4) is 0 Å². The van der Waals surface area contributed by atoms with E-state index < -0.39 is 53.5 Å². The predicted molar refractivity (Wildman–Crippen MR) is 131 cm³/mol. The molecule has 5 atom stereocenters. The highest BCUT2D eigenvalue weighted by atomic mass is 35.5. The zero-order chi connectivity index (χ0) is 27.1. The number of piperidine rings is 1. The summed E-state index contributed by atoms with van der Waals surface area (Å²) >= 11 is 12.3. The number of rotatable bonds is 7. The standard InChI is InChI=1S/C26H28Cl2F3NO4/c1-4-20(25(3,36)26(29,30)31)32-22(15-8-10-17(27)11-9-15)19(16-6-5-7-18(28)12-16)13-24(2,23(32)35)14-21(33)34/h5-12,19-20,22,36H,4,13-14H2,1-3H3,(H,33,34)/t19?,20?,22?,24-,25?/m1/s1. The van der Waals surface area contributed by atoms with Crippen molar-refractivity contribution in [1.29, 1.82) is 0 Å². The van der Waals surface area contributed by atoms with Crippen molar-refractivity contribution in [2.24, 2.45) is 5.41 Å². The quantitative estimate of drug-likeness (QED) is 0.409. The zero-order valence-electron chi connectivity index (χ0n) is 20.0. The fourth-order valence-corrected chi connectivity index (χ4v) is 5.60. The lowest BCUT2D eigenvalue weighted by Crippen LogP contribution is -2.65. The minimum absolute atomic E-state index is 0.0485. The van der Waals surface area contributed by atoms with Gasteiger partial charge in [-0.1, -0.05) is 61.3 Å². The van der Waals surface area contributed by atoms with E-state index in [-0.39, 0.29) is 12.8 Å². The smallest absolute Gasteiger partial charge is 0.418 e. The Kier molecular flexibility index (Phi) is 8.04. The maximum absolute atomic E-state index is 14.1. The number of aliphatic carboxylic acids is 1. The Morgan fingerprint density at radius 3 is 2.25 bits per heavy atom. The molecule has 1 heterocycles. The molecule has 0 bridgehead atoms. The fraction of sp³-hybridized carbons (Fsp3) is 0.462. The van der Waals surface area contributed by atoms with E-state index in [2.05, 4.69) is 0 Å². The minimum atomic E-state index is -5.05. The summed E-state index contributed by atoms with van der Waals surface area (Å²) in [5.41, 5.74) is -3.65. The Morgan fingerprint density at radius 2 is 1.75 bits per heavy atom. The second-order valence-corrected chi connectivity index (χ2v) is 10.6. The van der Waals surface area contributed by atoms with Gasteiger partial charge in [-0.05, 0) is 55.2 Å². The topological polar surface area (TPSA) is 77.8 Å². The number of aliphatic hydroxyl groups is 1. The van der Waals surface area contributed by atoms with Gasteiger partial charge in [0, 0.05) is 16.0 Å². The van der Waals surface area contributed by atoms with E-state index in [0.717, 1.165) is 4.90 Å². The first-order chi connectivity index (χ1) is 16.6. The molecule has 5 nitrogen and oxygen atoms in total. The molecule has 0 saturated carbocycles. The van der Waals surface area contributed by atoms with E-state index >= 15 is 0 Å². The minimum Gasteiger partial charge on any atom is -0.481 e. The number of amides is 1. The van der Waals surface area contributed by atoms with Crippen LogP contribution in [0.2, 0.25) is 10.0 Å². The summed E-state index contributed by atoms with van der Waals surface area (Å²) in [5, 5.41) is 21.2. The van der Waals surface area contributed by atoms with E-state index in [9.17, 15) is 33.0 Å². The van der Waals surface area contributed by atoms with Crippen molar-refractivity contribution in [3.05, 3.63) is 69.7 Å². The summed E-state index contributed by atoms with van der Waals surface area (Å²) in [6.45, 7) is 3.54. The summed E-state index contributed by atoms with van der Waals surface area (Å²) in [6.07, 6.45) is -5.82. The number of carbonyl (C=O) groups excluding carboxylic acids is 1. The lowest BCUT2D eigenvalue weighted by molar-refractivity contribution is -0.277. The van der Waals surface area contributed by atoms with Gasteiger partial charge in [0.1, 0.15) is 0 Å². The van der Waals surface area contributed by atoms with Crippen LogP contribution < -0.4 is 0 Å². The third-order valence-corrected chi connectivity index (χ3v) is 7.56. The third-order valence-electron chi connectivity index (χ3n) is 7.08. The molecule has 1 aliphatic heterocycles. The zero-order valence-corrected chi connectivity index (χ0v) is 21.5. The normalized spacial score (nSPS) is 25.4. The SMILES string of the molecule is CCC(N1C(=O)[C@@](C)(CC(=O)O)CC(c2cccc(Cl)c2)C1c1ccc(Cl)cc1)C(C)(O)C(F)(F)F. The number of halogens is 5. The van der Waals surface area contributed by atoms with Gasteiger partial charge in [0.25, 0.3) is 0 Å². The molecule has 2 N–H and O–H groups in total. The first-order valence-electron chi connectivity index (χ1n) is 11.5. The highest BCUT2D eigenvalue weighted by Crippen LogP contribution is 2.54. The second kappa shape index (κ2) is 10.2. The summed E-state index contributed by atoms with van der Waals surface area (Å²) in [7, 11) is 0. The van der Waals surface area contributed by atoms with Crippen LogP contribution in [0, 0.1) is 5.41 Å². The number of likely N-dealkylation sites (tertiary alicyclic amines) is 1. The first-order valence-corrected chi connectivity index (χ1v) is 12.2. The number of nitrogens with zero attached hydrogens (tertiary/aromatic N) is 1. The number of benzene rings is 2. The molecule has 196 valence electrons. The van der Waals surface area contributed by atoms with Gasteiger partial charge in [-0.15, -0.1) is 0 Å². The Morgan fingerprint density at radius 1 is 1.14 bits per heavy atom. The van der Waals surface area contributed by atoms with Crippen LogP contribution in [0.25, 0.3) is 0 Å². The van der Waals surface area contributed by atoms with Crippen LogP contribution in [0.15, 0.2) is 48.5 Å². The molecule has 4 unspecified atom stereocenters. The number of hydrogen-bond donors (Lipinski definition) is 2. The number of carboxylic acids is 1. The van der Waals surface area contributed by atoms with Gasteiger partial charge < -0.3 is 15.1 Å². The molecule has 10 heteroatoms. The van der Waals surface area contributed by atoms with Crippen molar-refractivity contribution in [2.75, 3.05) is 0 Å². The second-order valence-electron chi connectivity index (χ2n) is 9.77. The van der Waals surface area contributed by atoms with E-state index in [4.69, 9.17) is 23.2 Å². The fourth-order valence-electron chi connectivity index (χ4n) is 5.28. The summed E-state index contributed by atoms with van der Waals surface area (Å²) < 4.78 is 42.3. The molecule has 0 spiro atoms. The van der Waals surface area contributed by atoms with Gasteiger partial charge in [0.15, 0.2) is 5.60 Å². The molecule has 3 rings (SSSR count). The molecular formula is C26H28Cl2F3NO4. The van der Waals surface area contributed by atoms with Gasteiger partial charge in [0.05, 0.1) is 23.9 Å². The highest BCUT2D eigenvalue weighted by molar-refractivity contribution is 6.30. The lowest BCUT2D eigenvalue weighted by Gasteiger charge is -2.54. The van der Waals surface area contributed by atoms with Crippen LogP contribution in [0.3, 0.4) is 0 Å². The first kappa shape index (κ1) is 28.3. The maximum atomic E-state index is 14.1. The van der Waals surface area contributed by atoms with E-state index in [1.165, 1.54) is 13.8 Å². The van der Waals surface area contributed by atoms with Crippen LogP contribution in [0.4, 0.5) is 13.2 Å². The summed E-state index contributed by atoms with van der Waals surface area (Å²) in [5.74, 6) is -2.64. The number of alkyl halides is 3. The Labute approximate surface area is 217 Å². The third kappa shape index (κ3) is 5.36. The average molecular weight is 546 g/mol. The molecule has 0 radical (unpaired) electrons. The van der Waals surface area contributed by atoms with Crippen LogP contribution >= 0.6 is 23.2 Å². The molecule has 1 fully saturated rings. The Hall–Kier alpha value is -2.29. The van der Waals surface area contributed by atoms with Crippen LogP contribution in [0.5, 0.6) is 0 Å². The monoisotopic (exact) mass is 545 g/mol. The number of carboxylic acid groups (broad SMARTS) is 1. The summed E-state index contributed by atoms with van der Waals surface area (Å²) in [6, 6.07) is 10.5. The average Bonchev–Trinajstić information content (AvgIpc) is 2.76. The molecule has 1 aliphatic rings. The van der Waals surface area contributed by atoms with Crippen molar-refractivity contribution < 1.29 is 33.0 Å². The van der Waals surface area contributed by atoms with Crippen molar-refractivity contribution >= 4 is 35.1 Å². The highest BCUT2D eigenvalue weighted by Gasteiger charge is 2.61.